The van der Waals surface area contributed by atoms with E-state index < -0.39 is 0 Å². The molecule has 0 fully saturated rings. The fourth-order valence-electron chi connectivity index (χ4n) is 1.37. The number of aromatic nitrogens is 2. The molecule has 1 aromatic heterocycles. The number of aryl methyl sites for hydroxylation is 1. The lowest BCUT2D eigenvalue weighted by Crippen LogP contribution is -2.04. The number of rotatable bonds is 3. The summed E-state index contributed by atoms with van der Waals surface area (Å²) in [5, 5.41) is 4.54. The summed E-state index contributed by atoms with van der Waals surface area (Å²) in [6.07, 6.45) is 3.57. The maximum atomic E-state index is 6.03. The number of halogens is 2. The molecule has 2 rings (SSSR count). The van der Waals surface area contributed by atoms with Gasteiger partial charge in [0.1, 0.15) is 0 Å². The van der Waals surface area contributed by atoms with Gasteiger partial charge in [0.05, 0.1) is 29.3 Å². The predicted octanol–water partition coefficient (Wildman–Crippen LogP) is 3.34. The first kappa shape index (κ1) is 11.3. The van der Waals surface area contributed by atoms with Gasteiger partial charge in [0, 0.05) is 18.3 Å². The van der Waals surface area contributed by atoms with Crippen LogP contribution in [0.2, 0.25) is 10.0 Å². The number of nitrogens with zero attached hydrogens (tertiary/aromatic N) is 2. The summed E-state index contributed by atoms with van der Waals surface area (Å²) in [6.45, 7) is 0.663. The lowest BCUT2D eigenvalue weighted by molar-refractivity contribution is 0.837. The van der Waals surface area contributed by atoms with Crippen molar-refractivity contribution in [1.29, 1.82) is 0 Å². The molecule has 0 aliphatic rings. The molecule has 84 valence electrons. The van der Waals surface area contributed by atoms with Gasteiger partial charge in [-0.2, -0.15) is 0 Å². The second-order valence-electron chi connectivity index (χ2n) is 3.47. The van der Waals surface area contributed by atoms with Gasteiger partial charge in [-0.15, -0.1) is 0 Å². The summed E-state index contributed by atoms with van der Waals surface area (Å²) in [4.78, 5) is 4.04. The summed E-state index contributed by atoms with van der Waals surface area (Å²) in [5.41, 5.74) is 1.91. The van der Waals surface area contributed by atoms with Gasteiger partial charge in [-0.25, -0.2) is 4.98 Å². The maximum Gasteiger partial charge on any atom is 0.0946 e. The van der Waals surface area contributed by atoms with Crippen molar-refractivity contribution in [2.45, 2.75) is 6.54 Å². The van der Waals surface area contributed by atoms with Crippen LogP contribution in [0.15, 0.2) is 30.7 Å². The second-order valence-corrected chi connectivity index (χ2v) is 4.32. The minimum atomic E-state index is 0.659. The van der Waals surface area contributed by atoms with E-state index in [1.807, 2.05) is 17.8 Å². The van der Waals surface area contributed by atoms with Gasteiger partial charge in [0.2, 0.25) is 0 Å². The van der Waals surface area contributed by atoms with E-state index in [0.717, 1.165) is 11.4 Å². The zero-order chi connectivity index (χ0) is 11.5. The van der Waals surface area contributed by atoms with Crippen molar-refractivity contribution >= 4 is 28.9 Å². The third kappa shape index (κ3) is 2.49. The normalized spacial score (nSPS) is 10.4. The Morgan fingerprint density at radius 1 is 1.38 bits per heavy atom. The van der Waals surface area contributed by atoms with E-state index in [4.69, 9.17) is 23.2 Å². The zero-order valence-corrected chi connectivity index (χ0v) is 10.3. The van der Waals surface area contributed by atoms with Crippen molar-refractivity contribution in [2.24, 2.45) is 7.05 Å². The molecule has 1 aromatic carbocycles. The van der Waals surface area contributed by atoms with Crippen molar-refractivity contribution < 1.29 is 0 Å². The van der Waals surface area contributed by atoms with E-state index >= 15 is 0 Å². The Labute approximate surface area is 104 Å². The topological polar surface area (TPSA) is 29.9 Å². The number of imidazole rings is 1. The van der Waals surface area contributed by atoms with Crippen LogP contribution in [-0.2, 0) is 13.6 Å². The fraction of sp³-hybridized carbons (Fsp3) is 0.182. The Balaban J connectivity index is 2.10. The van der Waals surface area contributed by atoms with Crippen LogP contribution in [0.3, 0.4) is 0 Å². The average Bonchev–Trinajstić information content (AvgIpc) is 2.66. The van der Waals surface area contributed by atoms with Crippen LogP contribution in [0.4, 0.5) is 5.69 Å². The molecule has 5 heteroatoms. The third-order valence-electron chi connectivity index (χ3n) is 2.30. The van der Waals surface area contributed by atoms with E-state index in [9.17, 15) is 0 Å². The van der Waals surface area contributed by atoms with Crippen molar-refractivity contribution in [1.82, 2.24) is 9.55 Å². The molecule has 0 aliphatic heterocycles. The minimum Gasteiger partial charge on any atom is -0.378 e. The molecule has 0 saturated carbocycles. The summed E-state index contributed by atoms with van der Waals surface area (Å²) in [6, 6.07) is 5.34. The molecule has 0 atom stereocenters. The molecule has 0 unspecified atom stereocenters. The SMILES string of the molecule is Cn1cncc1CNc1cc(Cl)ccc1Cl. The van der Waals surface area contributed by atoms with Gasteiger partial charge in [-0.3, -0.25) is 0 Å². The molecule has 2 aromatic rings. The third-order valence-corrected chi connectivity index (χ3v) is 2.87. The molecule has 0 spiro atoms. The Hall–Kier alpha value is -1.19. The highest BCUT2D eigenvalue weighted by atomic mass is 35.5. The van der Waals surface area contributed by atoms with Crippen LogP contribution in [0, 0.1) is 0 Å². The highest BCUT2D eigenvalue weighted by Gasteiger charge is 2.02. The Morgan fingerprint density at radius 3 is 2.88 bits per heavy atom. The molecule has 1 N–H and O–H groups in total. The van der Waals surface area contributed by atoms with E-state index in [1.54, 1.807) is 24.5 Å². The average molecular weight is 256 g/mol. The number of anilines is 1. The van der Waals surface area contributed by atoms with Gasteiger partial charge in [0.15, 0.2) is 0 Å². The highest BCUT2D eigenvalue weighted by molar-refractivity contribution is 6.35. The smallest absolute Gasteiger partial charge is 0.0946 e. The van der Waals surface area contributed by atoms with Crippen LogP contribution in [0.1, 0.15) is 5.69 Å². The maximum absolute atomic E-state index is 6.03. The van der Waals surface area contributed by atoms with Crippen LogP contribution in [0.25, 0.3) is 0 Å². The molecule has 0 bridgehead atoms. The lowest BCUT2D eigenvalue weighted by Gasteiger charge is -2.08. The van der Waals surface area contributed by atoms with Gasteiger partial charge >= 0.3 is 0 Å². The largest absolute Gasteiger partial charge is 0.378 e. The van der Waals surface area contributed by atoms with Crippen molar-refractivity contribution in [3.8, 4) is 0 Å². The van der Waals surface area contributed by atoms with Gasteiger partial charge < -0.3 is 9.88 Å². The van der Waals surface area contributed by atoms with Gasteiger partial charge in [0.25, 0.3) is 0 Å². The van der Waals surface area contributed by atoms with E-state index in [0.29, 0.717) is 16.6 Å². The summed E-state index contributed by atoms with van der Waals surface area (Å²) >= 11 is 11.9. The Morgan fingerprint density at radius 2 is 2.19 bits per heavy atom. The quantitative estimate of drug-likeness (QED) is 0.912. The Kier molecular flexibility index (Phi) is 3.36. The first-order chi connectivity index (χ1) is 7.66. The van der Waals surface area contributed by atoms with Crippen LogP contribution >= 0.6 is 23.2 Å². The first-order valence-corrected chi connectivity index (χ1v) is 5.56. The van der Waals surface area contributed by atoms with E-state index in [2.05, 4.69) is 10.3 Å². The molecule has 3 nitrogen and oxygen atoms in total. The highest BCUT2D eigenvalue weighted by Crippen LogP contribution is 2.25. The second kappa shape index (κ2) is 4.76. The van der Waals surface area contributed by atoms with Crippen LogP contribution in [0.5, 0.6) is 0 Å². The van der Waals surface area contributed by atoms with Crippen molar-refractivity contribution in [3.05, 3.63) is 46.5 Å². The van der Waals surface area contributed by atoms with Crippen molar-refractivity contribution in [3.63, 3.8) is 0 Å². The molecular weight excluding hydrogens is 245 g/mol. The van der Waals surface area contributed by atoms with Crippen molar-refractivity contribution in [2.75, 3.05) is 5.32 Å². The number of benzene rings is 1. The van der Waals surface area contributed by atoms with Crippen LogP contribution in [-0.4, -0.2) is 9.55 Å². The van der Waals surface area contributed by atoms with Gasteiger partial charge in [-0.1, -0.05) is 23.2 Å². The molecule has 0 aliphatic carbocycles. The number of nitrogens with one attached hydrogen (secondary N) is 1. The lowest BCUT2D eigenvalue weighted by atomic mass is 10.3. The number of hydrogen-bond donors (Lipinski definition) is 1. The van der Waals surface area contributed by atoms with Crippen LogP contribution < -0.4 is 5.32 Å². The standard InChI is InChI=1S/C11H11Cl2N3/c1-16-7-14-5-9(16)6-15-11-4-8(12)2-3-10(11)13/h2-5,7,15H,6H2,1H3. The van der Waals surface area contributed by atoms with Gasteiger partial charge in [-0.05, 0) is 18.2 Å². The fourth-order valence-corrected chi connectivity index (χ4v) is 1.73. The minimum absolute atomic E-state index is 0.659. The van der Waals surface area contributed by atoms with E-state index in [1.165, 1.54) is 0 Å². The molecule has 16 heavy (non-hydrogen) atoms. The monoisotopic (exact) mass is 255 g/mol. The molecular formula is C11H11Cl2N3. The first-order valence-electron chi connectivity index (χ1n) is 4.81. The molecule has 1 heterocycles. The van der Waals surface area contributed by atoms with E-state index in [-0.39, 0.29) is 0 Å². The molecule has 0 radical (unpaired) electrons. The predicted molar refractivity (Wildman–Crippen MR) is 67.0 cm³/mol. The summed E-state index contributed by atoms with van der Waals surface area (Å²) < 4.78 is 1.95. The summed E-state index contributed by atoms with van der Waals surface area (Å²) in [7, 11) is 1.95. The Bertz CT molecular complexity index is 494. The number of hydrogen-bond acceptors (Lipinski definition) is 2. The zero-order valence-electron chi connectivity index (χ0n) is 8.74. The molecule has 0 saturated heterocycles. The molecule has 0 amide bonds. The summed E-state index contributed by atoms with van der Waals surface area (Å²) in [5.74, 6) is 0.